The van der Waals surface area contributed by atoms with Gasteiger partial charge in [0.25, 0.3) is 11.9 Å². The highest BCUT2D eigenvalue weighted by Gasteiger charge is 2.43. The molecule has 2 fully saturated rings. The number of oxazole rings is 1. The minimum absolute atomic E-state index is 0.248. The second-order valence-corrected chi connectivity index (χ2v) is 5.94. The van der Waals surface area contributed by atoms with E-state index in [4.69, 9.17) is 14.9 Å². The molecule has 6 heteroatoms. The maximum absolute atomic E-state index is 11.4. The molecule has 6 nitrogen and oxygen atoms in total. The lowest BCUT2D eigenvalue weighted by Crippen LogP contribution is -2.54. The van der Waals surface area contributed by atoms with Crippen LogP contribution in [0.1, 0.15) is 23.2 Å². The molecular formula is C15H16N3O3. The van der Waals surface area contributed by atoms with Crippen molar-refractivity contribution >= 4 is 23.0 Å². The molecule has 2 saturated heterocycles. The van der Waals surface area contributed by atoms with Crippen LogP contribution in [0.2, 0.25) is 0 Å². The van der Waals surface area contributed by atoms with Crippen LogP contribution in [0.25, 0.3) is 11.1 Å². The van der Waals surface area contributed by atoms with Gasteiger partial charge in [-0.05, 0) is 31.0 Å². The average molecular weight is 286 g/mol. The van der Waals surface area contributed by atoms with Crippen LogP contribution in [0.4, 0.5) is 6.01 Å². The van der Waals surface area contributed by atoms with E-state index in [1.807, 2.05) is 0 Å². The number of nitrogens with two attached hydrogens (primary N) is 1. The number of anilines is 1. The van der Waals surface area contributed by atoms with Gasteiger partial charge in [-0.3, -0.25) is 4.79 Å². The van der Waals surface area contributed by atoms with Gasteiger partial charge in [0.2, 0.25) is 0 Å². The summed E-state index contributed by atoms with van der Waals surface area (Å²) in [5.74, 6) is -0.539. The molecule has 0 unspecified atom stereocenters. The van der Waals surface area contributed by atoms with Crippen LogP contribution in [0.3, 0.4) is 0 Å². The summed E-state index contributed by atoms with van der Waals surface area (Å²) in [6.45, 7) is 3.41. The van der Waals surface area contributed by atoms with Gasteiger partial charge in [0.15, 0.2) is 5.58 Å². The van der Waals surface area contributed by atoms with Crippen LogP contribution >= 0.6 is 0 Å². The van der Waals surface area contributed by atoms with Crippen molar-refractivity contribution in [3.63, 3.8) is 0 Å². The van der Waals surface area contributed by atoms with Crippen molar-refractivity contribution in [1.82, 2.24) is 4.98 Å². The van der Waals surface area contributed by atoms with E-state index in [0.29, 0.717) is 17.1 Å². The van der Waals surface area contributed by atoms with Crippen molar-refractivity contribution in [2.45, 2.75) is 12.8 Å². The molecule has 109 valence electrons. The summed E-state index contributed by atoms with van der Waals surface area (Å²) >= 11 is 0. The maximum Gasteiger partial charge on any atom is 0.298 e. The van der Waals surface area contributed by atoms with E-state index in [1.165, 1.54) is 6.42 Å². The Bertz CT molecular complexity index is 705. The summed E-state index contributed by atoms with van der Waals surface area (Å²) in [5.41, 5.74) is 6.95. The highest BCUT2D eigenvalue weighted by Crippen LogP contribution is 2.38. The number of benzene rings is 1. The third-order valence-corrected chi connectivity index (χ3v) is 4.34. The highest BCUT2D eigenvalue weighted by atomic mass is 16.5. The second kappa shape index (κ2) is 4.46. The third kappa shape index (κ3) is 1.98. The van der Waals surface area contributed by atoms with Gasteiger partial charge >= 0.3 is 0 Å². The average Bonchev–Trinajstić information content (AvgIpc) is 2.89. The molecule has 0 atom stereocenters. The smallest absolute Gasteiger partial charge is 0.298 e. The molecule has 2 aliphatic heterocycles. The van der Waals surface area contributed by atoms with Crippen LogP contribution in [0.5, 0.6) is 0 Å². The Morgan fingerprint density at radius 2 is 2.33 bits per heavy atom. The van der Waals surface area contributed by atoms with Crippen LogP contribution < -0.4 is 10.6 Å². The van der Waals surface area contributed by atoms with E-state index in [9.17, 15) is 4.79 Å². The summed E-state index contributed by atoms with van der Waals surface area (Å²) in [7, 11) is 0. The van der Waals surface area contributed by atoms with Gasteiger partial charge in [0.1, 0.15) is 5.52 Å². The Morgan fingerprint density at radius 3 is 3.05 bits per heavy atom. The van der Waals surface area contributed by atoms with Gasteiger partial charge in [-0.2, -0.15) is 4.98 Å². The van der Waals surface area contributed by atoms with Crippen molar-refractivity contribution in [2.75, 3.05) is 31.2 Å². The molecule has 0 saturated carbocycles. The summed E-state index contributed by atoms with van der Waals surface area (Å²) in [5, 5.41) is 0. The number of primary amides is 1. The molecule has 1 amide bonds. The first kappa shape index (κ1) is 12.6. The monoisotopic (exact) mass is 286 g/mol. The Balaban J connectivity index is 1.70. The van der Waals surface area contributed by atoms with E-state index in [-0.39, 0.29) is 11.0 Å². The van der Waals surface area contributed by atoms with Gasteiger partial charge in [-0.25, -0.2) is 0 Å². The number of piperidine rings is 1. The number of carbonyl (C=O) groups is 1. The lowest BCUT2D eigenvalue weighted by Gasteiger charge is -2.47. The molecule has 21 heavy (non-hydrogen) atoms. The van der Waals surface area contributed by atoms with Crippen LogP contribution in [-0.4, -0.2) is 37.2 Å². The number of amides is 1. The zero-order valence-electron chi connectivity index (χ0n) is 11.6. The summed E-state index contributed by atoms with van der Waals surface area (Å²) in [6.07, 6.45) is 2.28. The number of aromatic nitrogens is 1. The number of nitrogens with zero attached hydrogens (tertiary/aromatic N) is 2. The number of rotatable bonds is 2. The molecule has 1 aromatic heterocycles. The number of hydrogen-bond acceptors (Lipinski definition) is 5. The molecule has 0 aliphatic carbocycles. The topological polar surface area (TPSA) is 81.6 Å². The first-order chi connectivity index (χ1) is 10.2. The lowest BCUT2D eigenvalue weighted by molar-refractivity contribution is -0.118. The number of carbonyl (C=O) groups excluding carboxylic acids is 1. The first-order valence-electron chi connectivity index (χ1n) is 7.11. The predicted octanol–water partition coefficient (Wildman–Crippen LogP) is 1.34. The fourth-order valence-corrected chi connectivity index (χ4v) is 3.20. The Kier molecular flexibility index (Phi) is 2.68. The van der Waals surface area contributed by atoms with Crippen molar-refractivity contribution in [1.29, 1.82) is 0 Å². The molecule has 2 aliphatic rings. The van der Waals surface area contributed by atoms with Gasteiger partial charge in [0, 0.05) is 18.5 Å². The van der Waals surface area contributed by atoms with Crippen molar-refractivity contribution in [3.05, 3.63) is 23.8 Å². The van der Waals surface area contributed by atoms with Gasteiger partial charge in [-0.1, -0.05) is 0 Å². The molecule has 2 aromatic rings. The highest BCUT2D eigenvalue weighted by molar-refractivity contribution is 6.03. The van der Waals surface area contributed by atoms with E-state index in [1.54, 1.807) is 12.1 Å². The Hall–Kier alpha value is -2.08. The lowest BCUT2D eigenvalue weighted by atomic mass is 9.78. The normalized spacial score (nSPS) is 20.7. The van der Waals surface area contributed by atoms with Crippen LogP contribution in [0.15, 0.2) is 16.5 Å². The maximum atomic E-state index is 11.4. The zero-order valence-corrected chi connectivity index (χ0v) is 11.6. The molecular weight excluding hydrogens is 270 g/mol. The molecule has 2 N–H and O–H groups in total. The molecule has 1 aromatic carbocycles. The fourth-order valence-electron chi connectivity index (χ4n) is 3.20. The van der Waals surface area contributed by atoms with Gasteiger partial charge in [-0.15, -0.1) is 0 Å². The molecule has 1 radical (unpaired) electrons. The Morgan fingerprint density at radius 1 is 1.48 bits per heavy atom. The van der Waals surface area contributed by atoms with E-state index in [0.717, 1.165) is 32.7 Å². The standard InChI is InChI=1S/C15H16N3O3/c16-13(19)10-3-1-4-11-12(10)17-14(21-11)18-6-2-5-15(7-18)8-20-9-15/h1,4H,2,5-9H2,(H2,16,19). The summed E-state index contributed by atoms with van der Waals surface area (Å²) in [6, 6.07) is 6.77. The van der Waals surface area contributed by atoms with Gasteiger partial charge in [0.05, 0.1) is 18.8 Å². The number of fused-ring (bicyclic) bond motifs is 1. The van der Waals surface area contributed by atoms with Crippen molar-refractivity contribution < 1.29 is 13.9 Å². The van der Waals surface area contributed by atoms with Crippen LogP contribution in [0, 0.1) is 11.5 Å². The number of ether oxygens (including phenoxy) is 1. The molecule has 0 bridgehead atoms. The summed E-state index contributed by atoms with van der Waals surface area (Å²) in [4.78, 5) is 18.0. The first-order valence-corrected chi connectivity index (χ1v) is 7.11. The third-order valence-electron chi connectivity index (χ3n) is 4.34. The van der Waals surface area contributed by atoms with E-state index in [2.05, 4.69) is 16.0 Å². The minimum atomic E-state index is -0.539. The zero-order chi connectivity index (χ0) is 14.4. The fraction of sp³-hybridized carbons (Fsp3) is 0.467. The quantitative estimate of drug-likeness (QED) is 0.901. The molecule has 1 spiro atoms. The predicted molar refractivity (Wildman–Crippen MR) is 76.1 cm³/mol. The minimum Gasteiger partial charge on any atom is -0.423 e. The summed E-state index contributed by atoms with van der Waals surface area (Å²) < 4.78 is 11.2. The van der Waals surface area contributed by atoms with Crippen molar-refractivity contribution in [2.24, 2.45) is 11.1 Å². The molecule has 3 heterocycles. The SMILES string of the molecule is NC(=O)c1[c]ccc2oc(N3CCCC4(COC4)C3)nc12. The number of hydrogen-bond donors (Lipinski definition) is 1. The van der Waals surface area contributed by atoms with E-state index < -0.39 is 5.91 Å². The van der Waals surface area contributed by atoms with E-state index >= 15 is 0 Å². The van der Waals surface area contributed by atoms with Crippen molar-refractivity contribution in [3.8, 4) is 0 Å². The molecule has 4 rings (SSSR count). The van der Waals surface area contributed by atoms with Crippen LogP contribution in [-0.2, 0) is 4.74 Å². The second-order valence-electron chi connectivity index (χ2n) is 5.94. The Labute approximate surface area is 121 Å². The van der Waals surface area contributed by atoms with Gasteiger partial charge < -0.3 is 19.8 Å². The largest absolute Gasteiger partial charge is 0.423 e.